The Balaban J connectivity index is 3.47. The number of hydrogen-bond donors (Lipinski definition) is 0. The third kappa shape index (κ3) is 10.6. The van der Waals surface area contributed by atoms with E-state index >= 15 is 0 Å². The van der Waals surface area contributed by atoms with Gasteiger partial charge in [0.2, 0.25) is 0 Å². The van der Waals surface area contributed by atoms with Crippen LogP contribution in [0.25, 0.3) is 0 Å². The van der Waals surface area contributed by atoms with Crippen LogP contribution in [0.2, 0.25) is 0 Å². The number of ether oxygens (including phenoxy) is 1. The lowest BCUT2D eigenvalue weighted by Crippen LogP contribution is -2.13. The van der Waals surface area contributed by atoms with E-state index < -0.39 is 7.82 Å². The van der Waals surface area contributed by atoms with Crippen LogP contribution in [0.15, 0.2) is 0 Å². The summed E-state index contributed by atoms with van der Waals surface area (Å²) in [5.74, 6) is 0. The summed E-state index contributed by atoms with van der Waals surface area (Å²) in [4.78, 5) is 11.1. The van der Waals surface area contributed by atoms with Gasteiger partial charge >= 0.3 is 0 Å². The molecule has 0 aromatic heterocycles. The average Bonchev–Trinajstić information content (AvgIpc) is 2.08. The summed E-state index contributed by atoms with van der Waals surface area (Å²) in [6.07, 6.45) is 1.24. The minimum atomic E-state index is -4.11. The van der Waals surface area contributed by atoms with Gasteiger partial charge in [0.15, 0.2) is 0 Å². The largest absolute Gasteiger partial charge is 0.756 e. The van der Waals surface area contributed by atoms with E-state index in [9.17, 15) is 9.46 Å². The molecule has 6 heteroatoms. The van der Waals surface area contributed by atoms with Crippen molar-refractivity contribution in [2.24, 2.45) is 0 Å². The summed E-state index contributed by atoms with van der Waals surface area (Å²) in [5.41, 5.74) is 0. The molecule has 0 aromatic rings. The second-order valence-corrected chi connectivity index (χ2v) is 5.42. The van der Waals surface area contributed by atoms with Gasteiger partial charge in [-0.15, -0.1) is 0 Å². The first-order valence-electron chi connectivity index (χ1n) is 5.59. The van der Waals surface area contributed by atoms with Crippen LogP contribution < -0.4 is 4.89 Å². The van der Waals surface area contributed by atoms with E-state index in [1.165, 1.54) is 0 Å². The third-order valence-corrected chi connectivity index (χ3v) is 2.76. The maximum absolute atomic E-state index is 11.1. The molecular formula is C10H22O5P-. The molecule has 0 rings (SSSR count). The van der Waals surface area contributed by atoms with Crippen LogP contribution in [0.1, 0.15) is 40.5 Å². The van der Waals surface area contributed by atoms with E-state index in [4.69, 9.17) is 4.74 Å². The molecule has 0 fully saturated rings. The molecule has 0 aliphatic carbocycles. The van der Waals surface area contributed by atoms with Crippen molar-refractivity contribution in [1.29, 1.82) is 0 Å². The molecule has 0 saturated carbocycles. The van der Waals surface area contributed by atoms with Crippen molar-refractivity contribution in [2.75, 3.05) is 13.2 Å². The van der Waals surface area contributed by atoms with Crippen LogP contribution in [0.4, 0.5) is 0 Å². The second kappa shape index (κ2) is 8.20. The van der Waals surface area contributed by atoms with Gasteiger partial charge in [0, 0.05) is 6.61 Å². The van der Waals surface area contributed by atoms with Crippen LogP contribution >= 0.6 is 7.82 Å². The van der Waals surface area contributed by atoms with Crippen molar-refractivity contribution in [3.63, 3.8) is 0 Å². The molecule has 98 valence electrons. The van der Waals surface area contributed by atoms with Gasteiger partial charge in [0.25, 0.3) is 7.82 Å². The average molecular weight is 253 g/mol. The molecule has 1 atom stereocenters. The van der Waals surface area contributed by atoms with Gasteiger partial charge in [0.05, 0.1) is 18.8 Å². The zero-order valence-electron chi connectivity index (χ0n) is 10.5. The summed E-state index contributed by atoms with van der Waals surface area (Å²) in [6.45, 7) is 7.97. The molecule has 0 bridgehead atoms. The monoisotopic (exact) mass is 253 g/mol. The second-order valence-electron chi connectivity index (χ2n) is 4.06. The Bertz CT molecular complexity index is 217. The van der Waals surface area contributed by atoms with E-state index in [2.05, 4.69) is 9.05 Å². The number of hydrogen-bond acceptors (Lipinski definition) is 5. The molecule has 0 saturated heterocycles. The first-order valence-corrected chi connectivity index (χ1v) is 7.05. The van der Waals surface area contributed by atoms with Crippen molar-refractivity contribution in [1.82, 2.24) is 0 Å². The Hall–Kier alpha value is 0.0700. The zero-order chi connectivity index (χ0) is 12.6. The van der Waals surface area contributed by atoms with Gasteiger partial charge < -0.3 is 18.7 Å². The Morgan fingerprint density at radius 2 is 1.62 bits per heavy atom. The van der Waals surface area contributed by atoms with Crippen molar-refractivity contribution in [3.8, 4) is 0 Å². The Labute approximate surface area is 97.7 Å². The van der Waals surface area contributed by atoms with Gasteiger partial charge in [-0.2, -0.15) is 0 Å². The van der Waals surface area contributed by atoms with Gasteiger partial charge in [-0.3, -0.25) is 4.57 Å². The number of phosphoric acid groups is 1. The lowest BCUT2D eigenvalue weighted by molar-refractivity contribution is -0.228. The zero-order valence-corrected chi connectivity index (χ0v) is 11.4. The summed E-state index contributed by atoms with van der Waals surface area (Å²) in [6, 6.07) is 0. The fraction of sp³-hybridized carbons (Fsp3) is 1.00. The summed E-state index contributed by atoms with van der Waals surface area (Å²) >= 11 is 0. The highest BCUT2D eigenvalue weighted by molar-refractivity contribution is 7.45. The smallest absolute Gasteiger partial charge is 0.268 e. The van der Waals surface area contributed by atoms with Gasteiger partial charge in [0.1, 0.15) is 0 Å². The number of phosphoric ester groups is 1. The molecule has 0 amide bonds. The first-order chi connectivity index (χ1) is 7.33. The Morgan fingerprint density at radius 3 is 2.12 bits per heavy atom. The van der Waals surface area contributed by atoms with Crippen LogP contribution in [-0.4, -0.2) is 25.4 Å². The van der Waals surface area contributed by atoms with Crippen molar-refractivity contribution in [2.45, 2.75) is 52.7 Å². The van der Waals surface area contributed by atoms with Crippen molar-refractivity contribution < 1.29 is 23.2 Å². The molecule has 0 aliphatic rings. The molecule has 0 radical (unpaired) electrons. The highest BCUT2D eigenvalue weighted by atomic mass is 31.2. The maximum atomic E-state index is 11.1. The lowest BCUT2D eigenvalue weighted by Gasteiger charge is -2.24. The molecule has 0 heterocycles. The summed E-state index contributed by atoms with van der Waals surface area (Å²) < 4.78 is 25.7. The van der Waals surface area contributed by atoms with E-state index in [0.29, 0.717) is 13.0 Å². The Morgan fingerprint density at radius 1 is 1.06 bits per heavy atom. The first kappa shape index (κ1) is 16.1. The number of rotatable bonds is 9. The van der Waals surface area contributed by atoms with Crippen molar-refractivity contribution in [3.05, 3.63) is 0 Å². The van der Waals surface area contributed by atoms with Crippen LogP contribution in [0.5, 0.6) is 0 Å². The quantitative estimate of drug-likeness (QED) is 0.465. The van der Waals surface area contributed by atoms with E-state index in [-0.39, 0.29) is 18.8 Å². The molecule has 1 unspecified atom stereocenters. The minimum Gasteiger partial charge on any atom is -0.756 e. The minimum absolute atomic E-state index is 0.148. The molecule has 0 spiro atoms. The van der Waals surface area contributed by atoms with Gasteiger partial charge in [-0.1, -0.05) is 0 Å². The predicted octanol–water partition coefficient (Wildman–Crippen LogP) is 2.10. The molecule has 0 aromatic carbocycles. The van der Waals surface area contributed by atoms with Gasteiger partial charge in [-0.25, -0.2) is 0 Å². The van der Waals surface area contributed by atoms with Gasteiger partial charge in [-0.05, 0) is 40.5 Å². The van der Waals surface area contributed by atoms with Crippen molar-refractivity contribution >= 4 is 7.82 Å². The van der Waals surface area contributed by atoms with Crippen LogP contribution in [0, 0.1) is 0 Å². The van der Waals surface area contributed by atoms with Crippen LogP contribution in [-0.2, 0) is 18.3 Å². The molecule has 16 heavy (non-hydrogen) atoms. The fourth-order valence-electron chi connectivity index (χ4n) is 0.988. The lowest BCUT2D eigenvalue weighted by atomic mass is 10.3. The molecule has 0 aliphatic heterocycles. The highest BCUT2D eigenvalue weighted by Gasteiger charge is 2.10. The normalized spacial score (nSPS) is 15.7. The van der Waals surface area contributed by atoms with E-state index in [1.54, 1.807) is 13.8 Å². The molecule has 0 N–H and O–H groups in total. The highest BCUT2D eigenvalue weighted by Crippen LogP contribution is 2.39. The summed E-state index contributed by atoms with van der Waals surface area (Å²) in [7, 11) is -4.11. The molecular weight excluding hydrogens is 231 g/mol. The number of unbranched alkanes of at least 4 members (excludes halogenated alkanes) is 1. The third-order valence-electron chi connectivity index (χ3n) is 1.58. The topological polar surface area (TPSA) is 67.8 Å². The Kier molecular flexibility index (Phi) is 8.24. The maximum Gasteiger partial charge on any atom is 0.268 e. The van der Waals surface area contributed by atoms with E-state index in [1.807, 2.05) is 13.8 Å². The predicted molar refractivity (Wildman–Crippen MR) is 60.1 cm³/mol. The molecule has 5 nitrogen and oxygen atoms in total. The summed E-state index contributed by atoms with van der Waals surface area (Å²) in [5, 5.41) is 0. The SMILES string of the molecule is CC(C)OCCCCOP(=O)([O-])OC(C)C. The standard InChI is InChI=1S/C10H23O5P/c1-9(2)13-7-5-6-8-14-16(11,12)15-10(3)4/h9-10H,5-8H2,1-4H3,(H,11,12)/p-1. The van der Waals surface area contributed by atoms with Crippen LogP contribution in [0.3, 0.4) is 0 Å². The fourth-order valence-corrected chi connectivity index (χ4v) is 1.92. The van der Waals surface area contributed by atoms with E-state index in [0.717, 1.165) is 6.42 Å².